The quantitative estimate of drug-likeness (QED) is 0.704. The van der Waals surface area contributed by atoms with Crippen molar-refractivity contribution in [1.82, 2.24) is 0 Å². The van der Waals surface area contributed by atoms with E-state index in [1.165, 1.54) is 99.6 Å². The van der Waals surface area contributed by atoms with Crippen molar-refractivity contribution in [3.8, 4) is 0 Å². The van der Waals surface area contributed by atoms with Gasteiger partial charge in [-0.05, 0) is 68.4 Å². The summed E-state index contributed by atoms with van der Waals surface area (Å²) in [5, 5.41) is 3.89. The minimum Gasteiger partial charge on any atom is -0.361 e. The highest BCUT2D eigenvalue weighted by Crippen LogP contribution is 2.46. The van der Waals surface area contributed by atoms with E-state index < -0.39 is 0 Å². The fraction of sp³-hybridized carbons (Fsp3) is 0.682. The molecule has 0 atom stereocenters. The average Bonchev–Trinajstić information content (AvgIpc) is 2.63. The van der Waals surface area contributed by atoms with E-state index in [0.717, 1.165) is 11.8 Å². The van der Waals surface area contributed by atoms with Crippen molar-refractivity contribution in [3.05, 3.63) is 29.3 Å². The van der Waals surface area contributed by atoms with E-state index in [1.54, 1.807) is 0 Å². The van der Waals surface area contributed by atoms with Gasteiger partial charge in [0.1, 0.15) is 5.66 Å². The highest BCUT2D eigenvalue weighted by atomic mass is 15.2. The van der Waals surface area contributed by atoms with Crippen LogP contribution < -0.4 is 5.32 Å². The Morgan fingerprint density at radius 2 is 1.67 bits per heavy atom. The lowest BCUT2D eigenvalue weighted by atomic mass is 9.70. The Bertz CT molecular complexity index is 646. The van der Waals surface area contributed by atoms with Gasteiger partial charge in [-0.25, -0.2) is 0 Å². The van der Waals surface area contributed by atoms with Crippen molar-refractivity contribution >= 4 is 11.4 Å². The van der Waals surface area contributed by atoms with Crippen LogP contribution in [0.1, 0.15) is 81.8 Å². The van der Waals surface area contributed by atoms with Gasteiger partial charge in [-0.3, -0.25) is 4.99 Å². The van der Waals surface area contributed by atoms with Crippen molar-refractivity contribution in [1.29, 1.82) is 0 Å². The van der Waals surface area contributed by atoms with Crippen molar-refractivity contribution < 1.29 is 0 Å². The molecule has 24 heavy (non-hydrogen) atoms. The van der Waals surface area contributed by atoms with Crippen LogP contribution in [0.5, 0.6) is 0 Å². The van der Waals surface area contributed by atoms with E-state index in [4.69, 9.17) is 4.99 Å². The number of aliphatic imine (C=N–C) groups is 1. The molecule has 1 aromatic carbocycles. The molecule has 0 unspecified atom stereocenters. The van der Waals surface area contributed by atoms with E-state index in [1.807, 2.05) is 0 Å². The Labute approximate surface area is 146 Å². The van der Waals surface area contributed by atoms with Crippen LogP contribution in [0.15, 0.2) is 23.2 Å². The van der Waals surface area contributed by atoms with Gasteiger partial charge in [0.15, 0.2) is 0 Å². The Hall–Kier alpha value is -1.31. The molecule has 0 radical (unpaired) electrons. The monoisotopic (exact) mass is 322 g/mol. The Kier molecular flexibility index (Phi) is 3.68. The van der Waals surface area contributed by atoms with Crippen LogP contribution in [0, 0.1) is 11.8 Å². The van der Waals surface area contributed by atoms with Crippen molar-refractivity contribution in [2.24, 2.45) is 16.8 Å². The molecule has 1 aromatic rings. The van der Waals surface area contributed by atoms with Gasteiger partial charge >= 0.3 is 0 Å². The number of aryl methyl sites for hydroxylation is 1. The first-order valence-electron chi connectivity index (χ1n) is 10.3. The first kappa shape index (κ1) is 15.0. The SMILES string of the molecule is c1cc2c3c(c1)NC1(CCC(C4CCCCC4)CC1)N=C3CCC2. The molecular weight excluding hydrogens is 292 g/mol. The number of hydrogen-bond donors (Lipinski definition) is 1. The molecule has 0 aromatic heterocycles. The lowest BCUT2D eigenvalue weighted by Gasteiger charge is -2.45. The van der Waals surface area contributed by atoms with Gasteiger partial charge in [0, 0.05) is 17.0 Å². The predicted octanol–water partition coefficient (Wildman–Crippen LogP) is 5.70. The predicted molar refractivity (Wildman–Crippen MR) is 101 cm³/mol. The lowest BCUT2D eigenvalue weighted by Crippen LogP contribution is -2.45. The zero-order chi connectivity index (χ0) is 16.0. The van der Waals surface area contributed by atoms with Gasteiger partial charge in [-0.15, -0.1) is 0 Å². The summed E-state index contributed by atoms with van der Waals surface area (Å²) in [5.74, 6) is 1.98. The first-order chi connectivity index (χ1) is 11.8. The van der Waals surface area contributed by atoms with Gasteiger partial charge < -0.3 is 5.32 Å². The van der Waals surface area contributed by atoms with Crippen molar-refractivity contribution in [3.63, 3.8) is 0 Å². The molecule has 5 rings (SSSR count). The largest absolute Gasteiger partial charge is 0.361 e. The van der Waals surface area contributed by atoms with E-state index in [2.05, 4.69) is 23.5 Å². The summed E-state index contributed by atoms with van der Waals surface area (Å²) in [7, 11) is 0. The molecule has 0 amide bonds. The Morgan fingerprint density at radius 1 is 0.875 bits per heavy atom. The zero-order valence-electron chi connectivity index (χ0n) is 14.8. The van der Waals surface area contributed by atoms with Crippen LogP contribution in [0.2, 0.25) is 0 Å². The van der Waals surface area contributed by atoms with Crippen molar-refractivity contribution in [2.45, 2.75) is 82.7 Å². The number of nitrogens with zero attached hydrogens (tertiary/aromatic N) is 1. The van der Waals surface area contributed by atoms with Crippen molar-refractivity contribution in [2.75, 3.05) is 5.32 Å². The third-order valence-electron chi connectivity index (χ3n) is 7.19. The normalized spacial score (nSPS) is 32.8. The molecule has 0 bridgehead atoms. The minimum atomic E-state index is 0.0173. The van der Waals surface area contributed by atoms with E-state index >= 15 is 0 Å². The number of rotatable bonds is 1. The van der Waals surface area contributed by atoms with E-state index in [9.17, 15) is 0 Å². The maximum Gasteiger partial charge on any atom is 0.129 e. The Balaban J connectivity index is 1.37. The molecular formula is C22H30N2. The molecule has 4 aliphatic rings. The summed E-state index contributed by atoms with van der Waals surface area (Å²) in [5.41, 5.74) is 5.75. The second kappa shape index (κ2) is 5.89. The summed E-state index contributed by atoms with van der Waals surface area (Å²) in [6, 6.07) is 6.82. The third kappa shape index (κ3) is 2.50. The molecule has 3 aliphatic carbocycles. The maximum atomic E-state index is 5.33. The molecule has 1 heterocycles. The fourth-order valence-electron chi connectivity index (χ4n) is 5.90. The zero-order valence-corrected chi connectivity index (χ0v) is 14.8. The van der Waals surface area contributed by atoms with Crippen LogP contribution in [0.3, 0.4) is 0 Å². The summed E-state index contributed by atoms with van der Waals surface area (Å²) >= 11 is 0. The second-order valence-corrected chi connectivity index (χ2v) is 8.64. The highest BCUT2D eigenvalue weighted by molar-refractivity contribution is 6.08. The molecule has 2 saturated carbocycles. The van der Waals surface area contributed by atoms with Gasteiger partial charge in [-0.1, -0.05) is 44.2 Å². The van der Waals surface area contributed by atoms with E-state index in [0.29, 0.717) is 0 Å². The first-order valence-corrected chi connectivity index (χ1v) is 10.3. The fourth-order valence-corrected chi connectivity index (χ4v) is 5.90. The minimum absolute atomic E-state index is 0.0173. The Morgan fingerprint density at radius 3 is 2.50 bits per heavy atom. The average molecular weight is 322 g/mol. The molecule has 0 saturated heterocycles. The summed E-state index contributed by atoms with van der Waals surface area (Å²) in [6.07, 6.45) is 16.3. The van der Waals surface area contributed by atoms with Gasteiger partial charge in [0.25, 0.3) is 0 Å². The van der Waals surface area contributed by atoms with Gasteiger partial charge in [0.05, 0.1) is 0 Å². The van der Waals surface area contributed by atoms with Crippen LogP contribution >= 0.6 is 0 Å². The van der Waals surface area contributed by atoms with Gasteiger partial charge in [0.2, 0.25) is 0 Å². The standard InChI is InChI=1S/C22H30N2/c1-2-6-16(7-3-1)17-12-14-22(15-13-17)23-19-10-4-8-18-9-5-11-20(24-22)21(18)19/h4,8,10,16-17,23H,1-3,5-7,9,11-15H2. The number of nitrogens with one attached hydrogen (secondary N) is 1. The van der Waals surface area contributed by atoms with Crippen LogP contribution in [0.4, 0.5) is 5.69 Å². The summed E-state index contributed by atoms with van der Waals surface area (Å²) in [6.45, 7) is 0. The summed E-state index contributed by atoms with van der Waals surface area (Å²) in [4.78, 5) is 5.33. The van der Waals surface area contributed by atoms with Crippen LogP contribution in [0.25, 0.3) is 0 Å². The maximum absolute atomic E-state index is 5.33. The van der Waals surface area contributed by atoms with E-state index in [-0.39, 0.29) is 5.66 Å². The van der Waals surface area contributed by atoms with Crippen LogP contribution in [-0.2, 0) is 6.42 Å². The second-order valence-electron chi connectivity index (χ2n) is 8.64. The third-order valence-corrected chi connectivity index (χ3v) is 7.19. The molecule has 2 fully saturated rings. The molecule has 128 valence electrons. The smallest absolute Gasteiger partial charge is 0.129 e. The molecule has 2 nitrogen and oxygen atoms in total. The van der Waals surface area contributed by atoms with Gasteiger partial charge in [-0.2, -0.15) is 0 Å². The summed E-state index contributed by atoms with van der Waals surface area (Å²) < 4.78 is 0. The molecule has 1 aliphatic heterocycles. The molecule has 1 N–H and O–H groups in total. The number of hydrogen-bond acceptors (Lipinski definition) is 2. The topological polar surface area (TPSA) is 24.4 Å². The highest BCUT2D eigenvalue weighted by Gasteiger charge is 2.41. The number of anilines is 1. The molecule has 1 spiro atoms. The molecule has 2 heteroatoms. The number of benzene rings is 1. The van der Waals surface area contributed by atoms with Crippen LogP contribution in [-0.4, -0.2) is 11.4 Å². The lowest BCUT2D eigenvalue weighted by molar-refractivity contribution is 0.162.